The molecule has 0 aliphatic heterocycles. The zero-order valence-electron chi connectivity index (χ0n) is 9.60. The van der Waals surface area contributed by atoms with Gasteiger partial charge in [-0.15, -0.1) is 0 Å². The van der Waals surface area contributed by atoms with Crippen molar-refractivity contribution in [2.45, 2.75) is 18.9 Å². The number of hydrogen-bond acceptors (Lipinski definition) is 2. The molecule has 0 aromatic heterocycles. The van der Waals surface area contributed by atoms with Gasteiger partial charge in [-0.2, -0.15) is 0 Å². The lowest BCUT2D eigenvalue weighted by atomic mass is 10.2. The van der Waals surface area contributed by atoms with Crippen LogP contribution >= 0.6 is 0 Å². The van der Waals surface area contributed by atoms with Crippen molar-refractivity contribution in [1.82, 2.24) is 5.32 Å². The van der Waals surface area contributed by atoms with Crippen LogP contribution in [0.25, 0.3) is 6.08 Å². The van der Waals surface area contributed by atoms with E-state index in [0.29, 0.717) is 5.69 Å². The normalized spacial score (nSPS) is 15.5. The number of hydrogen-bond donors (Lipinski definition) is 2. The van der Waals surface area contributed by atoms with Crippen molar-refractivity contribution in [1.29, 1.82) is 0 Å². The molecule has 0 radical (unpaired) electrons. The molecule has 0 bridgehead atoms. The average Bonchev–Trinajstić information content (AvgIpc) is 2.79. The van der Waals surface area contributed by atoms with Gasteiger partial charge in [-0.1, -0.05) is 24.3 Å². The summed E-state index contributed by atoms with van der Waals surface area (Å²) in [4.78, 5) is 11.6. The molecule has 1 aliphatic carbocycles. The van der Waals surface area contributed by atoms with E-state index in [1.807, 2.05) is 24.3 Å². The van der Waals surface area contributed by atoms with E-state index < -0.39 is 0 Å². The number of carbonyl (C=O) groups is 1. The van der Waals surface area contributed by atoms with Gasteiger partial charge < -0.3 is 11.1 Å². The fourth-order valence-corrected chi connectivity index (χ4v) is 1.82. The van der Waals surface area contributed by atoms with E-state index in [9.17, 15) is 4.79 Å². The number of rotatable bonds is 3. The van der Waals surface area contributed by atoms with Crippen LogP contribution in [0.5, 0.6) is 0 Å². The van der Waals surface area contributed by atoms with Gasteiger partial charge in [0.15, 0.2) is 0 Å². The Hall–Kier alpha value is -2.03. The number of nitrogens with one attached hydrogen (secondary N) is 1. The largest absolute Gasteiger partial charge is 0.399 e. The highest BCUT2D eigenvalue weighted by atomic mass is 16.1. The lowest BCUT2D eigenvalue weighted by Crippen LogP contribution is -2.31. The predicted octanol–water partition coefficient (Wildman–Crippen LogP) is 2.12. The number of anilines is 1. The highest BCUT2D eigenvalue weighted by Crippen LogP contribution is 2.10. The molecule has 3 N–H and O–H groups in total. The molecule has 0 atom stereocenters. The molecule has 0 saturated carbocycles. The highest BCUT2D eigenvalue weighted by molar-refractivity contribution is 5.92. The Labute approximate surface area is 101 Å². The minimum absolute atomic E-state index is 0.0545. The standard InChI is InChI=1S/C14H16N2O/c15-12-5-3-4-11(10-12)8-9-14(17)16-13-6-1-2-7-13/h1-5,8-10,13H,6-7,15H2,(H,16,17)/b9-8+. The van der Waals surface area contributed by atoms with Crippen LogP contribution in [-0.2, 0) is 4.79 Å². The zero-order chi connectivity index (χ0) is 12.1. The van der Waals surface area contributed by atoms with Crippen LogP contribution in [0, 0.1) is 0 Å². The maximum absolute atomic E-state index is 11.6. The number of nitrogen functional groups attached to an aromatic ring is 1. The maximum Gasteiger partial charge on any atom is 0.244 e. The molecule has 1 aromatic carbocycles. The predicted molar refractivity (Wildman–Crippen MR) is 70.2 cm³/mol. The monoisotopic (exact) mass is 228 g/mol. The summed E-state index contributed by atoms with van der Waals surface area (Å²) in [7, 11) is 0. The Balaban J connectivity index is 1.89. The van der Waals surface area contributed by atoms with Crippen LogP contribution < -0.4 is 11.1 Å². The van der Waals surface area contributed by atoms with E-state index in [1.54, 1.807) is 12.2 Å². The van der Waals surface area contributed by atoms with Gasteiger partial charge in [-0.05, 0) is 36.6 Å². The fraction of sp³-hybridized carbons (Fsp3) is 0.214. The third-order valence-electron chi connectivity index (χ3n) is 2.69. The Morgan fingerprint density at radius 3 is 2.82 bits per heavy atom. The summed E-state index contributed by atoms with van der Waals surface area (Å²) in [6.07, 6.45) is 9.36. The summed E-state index contributed by atoms with van der Waals surface area (Å²) in [6.45, 7) is 0. The van der Waals surface area contributed by atoms with Gasteiger partial charge >= 0.3 is 0 Å². The van der Waals surface area contributed by atoms with E-state index in [2.05, 4.69) is 17.5 Å². The summed E-state index contributed by atoms with van der Waals surface area (Å²) in [6, 6.07) is 7.70. The number of benzene rings is 1. The molecule has 17 heavy (non-hydrogen) atoms. The molecule has 0 spiro atoms. The quantitative estimate of drug-likeness (QED) is 0.473. The molecule has 1 amide bonds. The Bertz CT molecular complexity index is 455. The average molecular weight is 228 g/mol. The van der Waals surface area contributed by atoms with E-state index in [-0.39, 0.29) is 11.9 Å². The maximum atomic E-state index is 11.6. The Morgan fingerprint density at radius 2 is 2.12 bits per heavy atom. The van der Waals surface area contributed by atoms with Gasteiger partial charge in [0, 0.05) is 17.8 Å². The number of nitrogens with two attached hydrogens (primary N) is 1. The molecule has 1 aliphatic rings. The second-order valence-corrected chi connectivity index (χ2v) is 4.15. The van der Waals surface area contributed by atoms with E-state index >= 15 is 0 Å². The fourth-order valence-electron chi connectivity index (χ4n) is 1.82. The van der Waals surface area contributed by atoms with Crippen LogP contribution in [0.4, 0.5) is 5.69 Å². The molecular weight excluding hydrogens is 212 g/mol. The van der Waals surface area contributed by atoms with Crippen LogP contribution in [-0.4, -0.2) is 11.9 Å². The van der Waals surface area contributed by atoms with Crippen molar-refractivity contribution in [2.75, 3.05) is 5.73 Å². The van der Waals surface area contributed by atoms with Gasteiger partial charge in [0.1, 0.15) is 0 Å². The van der Waals surface area contributed by atoms with Crippen molar-refractivity contribution in [3.63, 3.8) is 0 Å². The summed E-state index contributed by atoms with van der Waals surface area (Å²) in [5.41, 5.74) is 7.29. The Morgan fingerprint density at radius 1 is 1.35 bits per heavy atom. The Kier molecular flexibility index (Phi) is 3.60. The molecule has 0 heterocycles. The smallest absolute Gasteiger partial charge is 0.244 e. The lowest BCUT2D eigenvalue weighted by molar-refractivity contribution is -0.117. The highest BCUT2D eigenvalue weighted by Gasteiger charge is 2.10. The topological polar surface area (TPSA) is 55.1 Å². The second kappa shape index (κ2) is 5.34. The third-order valence-corrected chi connectivity index (χ3v) is 2.69. The summed E-state index contributed by atoms with van der Waals surface area (Å²) in [5.74, 6) is -0.0545. The molecule has 0 saturated heterocycles. The minimum atomic E-state index is -0.0545. The van der Waals surface area contributed by atoms with E-state index in [1.165, 1.54) is 0 Å². The first-order valence-corrected chi connectivity index (χ1v) is 5.73. The van der Waals surface area contributed by atoms with Crippen molar-refractivity contribution >= 4 is 17.7 Å². The molecule has 88 valence electrons. The number of amides is 1. The van der Waals surface area contributed by atoms with Gasteiger partial charge in [-0.25, -0.2) is 0 Å². The SMILES string of the molecule is Nc1cccc(/C=C/C(=O)NC2CC=CC2)c1. The molecule has 1 aromatic rings. The van der Waals surface area contributed by atoms with Crippen molar-refractivity contribution in [2.24, 2.45) is 0 Å². The van der Waals surface area contributed by atoms with Crippen molar-refractivity contribution in [3.05, 3.63) is 48.1 Å². The van der Waals surface area contributed by atoms with Crippen LogP contribution in [0.2, 0.25) is 0 Å². The molecular formula is C14H16N2O. The summed E-state index contributed by atoms with van der Waals surface area (Å²) >= 11 is 0. The first-order valence-electron chi connectivity index (χ1n) is 5.73. The summed E-state index contributed by atoms with van der Waals surface area (Å²) < 4.78 is 0. The van der Waals surface area contributed by atoms with E-state index in [0.717, 1.165) is 18.4 Å². The van der Waals surface area contributed by atoms with Crippen molar-refractivity contribution < 1.29 is 4.79 Å². The molecule has 2 rings (SSSR count). The molecule has 0 unspecified atom stereocenters. The van der Waals surface area contributed by atoms with Gasteiger partial charge in [0.25, 0.3) is 0 Å². The lowest BCUT2D eigenvalue weighted by Gasteiger charge is -2.09. The second-order valence-electron chi connectivity index (χ2n) is 4.15. The molecule has 3 heteroatoms. The molecule has 0 fully saturated rings. The van der Waals surface area contributed by atoms with Crippen LogP contribution in [0.15, 0.2) is 42.5 Å². The van der Waals surface area contributed by atoms with Crippen molar-refractivity contribution in [3.8, 4) is 0 Å². The van der Waals surface area contributed by atoms with E-state index in [4.69, 9.17) is 5.73 Å². The minimum Gasteiger partial charge on any atom is -0.399 e. The first kappa shape index (κ1) is 11.5. The van der Waals surface area contributed by atoms with Crippen LogP contribution in [0.3, 0.4) is 0 Å². The third kappa shape index (κ3) is 3.48. The van der Waals surface area contributed by atoms with Gasteiger partial charge in [-0.3, -0.25) is 4.79 Å². The summed E-state index contributed by atoms with van der Waals surface area (Å²) in [5, 5.41) is 2.94. The van der Waals surface area contributed by atoms with Crippen LogP contribution in [0.1, 0.15) is 18.4 Å². The zero-order valence-corrected chi connectivity index (χ0v) is 9.60. The number of carbonyl (C=O) groups excluding carboxylic acids is 1. The first-order chi connectivity index (χ1) is 8.24. The van der Waals surface area contributed by atoms with Gasteiger partial charge in [0.2, 0.25) is 5.91 Å². The molecule has 3 nitrogen and oxygen atoms in total. The van der Waals surface area contributed by atoms with Gasteiger partial charge in [0.05, 0.1) is 0 Å².